The van der Waals surface area contributed by atoms with E-state index in [-0.39, 0.29) is 5.91 Å². The van der Waals surface area contributed by atoms with E-state index < -0.39 is 5.97 Å². The SMILES string of the molecule is Cc1ccc(C(=O)N2CCc3c(cccc3C(=O)O)C2)s1. The highest BCUT2D eigenvalue weighted by Gasteiger charge is 2.25. The van der Waals surface area contributed by atoms with E-state index >= 15 is 0 Å². The summed E-state index contributed by atoms with van der Waals surface area (Å²) in [6, 6.07) is 9.07. The number of aromatic carboxylic acids is 1. The average molecular weight is 301 g/mol. The van der Waals surface area contributed by atoms with Crippen LogP contribution < -0.4 is 0 Å². The van der Waals surface area contributed by atoms with Gasteiger partial charge in [-0.05, 0) is 42.7 Å². The van der Waals surface area contributed by atoms with Crippen LogP contribution in [0.2, 0.25) is 0 Å². The standard InChI is InChI=1S/C16H15NO3S/c1-10-5-6-14(21-10)15(18)17-8-7-12-11(9-17)3-2-4-13(12)16(19)20/h2-6H,7-9H2,1H3,(H,19,20). The molecule has 1 aromatic carbocycles. The molecule has 0 saturated heterocycles. The Labute approximate surface area is 126 Å². The number of thiophene rings is 1. The first kappa shape index (κ1) is 13.8. The summed E-state index contributed by atoms with van der Waals surface area (Å²) in [5, 5.41) is 9.22. The number of rotatable bonds is 2. The van der Waals surface area contributed by atoms with E-state index in [4.69, 9.17) is 0 Å². The predicted octanol–water partition coefficient (Wildman–Crippen LogP) is 2.95. The van der Waals surface area contributed by atoms with Crippen molar-refractivity contribution in [3.05, 3.63) is 56.8 Å². The van der Waals surface area contributed by atoms with Crippen LogP contribution in [-0.4, -0.2) is 28.4 Å². The molecule has 1 aliphatic rings. The number of benzene rings is 1. The smallest absolute Gasteiger partial charge is 0.335 e. The normalized spacial score (nSPS) is 13.9. The number of aryl methyl sites for hydroxylation is 1. The van der Waals surface area contributed by atoms with Gasteiger partial charge in [0.25, 0.3) is 5.91 Å². The van der Waals surface area contributed by atoms with Gasteiger partial charge in [-0.15, -0.1) is 11.3 Å². The van der Waals surface area contributed by atoms with Gasteiger partial charge in [0.1, 0.15) is 0 Å². The van der Waals surface area contributed by atoms with Crippen molar-refractivity contribution in [1.29, 1.82) is 0 Å². The summed E-state index contributed by atoms with van der Waals surface area (Å²) < 4.78 is 0. The minimum Gasteiger partial charge on any atom is -0.478 e. The summed E-state index contributed by atoms with van der Waals surface area (Å²) in [6.07, 6.45) is 0.591. The molecule has 0 aliphatic carbocycles. The van der Waals surface area contributed by atoms with Crippen molar-refractivity contribution < 1.29 is 14.7 Å². The molecular formula is C16H15NO3S. The van der Waals surface area contributed by atoms with E-state index in [1.807, 2.05) is 25.1 Å². The highest BCUT2D eigenvalue weighted by molar-refractivity contribution is 7.13. The average Bonchev–Trinajstić information content (AvgIpc) is 2.91. The van der Waals surface area contributed by atoms with E-state index in [0.29, 0.717) is 25.1 Å². The van der Waals surface area contributed by atoms with Gasteiger partial charge in [-0.25, -0.2) is 4.79 Å². The first-order chi connectivity index (χ1) is 10.1. The summed E-state index contributed by atoms with van der Waals surface area (Å²) in [5.74, 6) is -0.875. The second kappa shape index (κ2) is 5.33. The molecule has 0 fully saturated rings. The summed E-state index contributed by atoms with van der Waals surface area (Å²) in [6.45, 7) is 3.02. The van der Waals surface area contributed by atoms with Gasteiger partial charge in [0.15, 0.2) is 0 Å². The lowest BCUT2D eigenvalue weighted by Gasteiger charge is -2.29. The first-order valence-corrected chi connectivity index (χ1v) is 7.57. The van der Waals surface area contributed by atoms with Crippen LogP contribution in [-0.2, 0) is 13.0 Å². The van der Waals surface area contributed by atoms with Gasteiger partial charge >= 0.3 is 5.97 Å². The Morgan fingerprint density at radius 1 is 1.24 bits per heavy atom. The maximum Gasteiger partial charge on any atom is 0.335 e. The molecule has 0 spiro atoms. The topological polar surface area (TPSA) is 57.6 Å². The molecule has 21 heavy (non-hydrogen) atoms. The molecule has 0 bridgehead atoms. The Hall–Kier alpha value is -2.14. The minimum atomic E-state index is -0.902. The Morgan fingerprint density at radius 2 is 2.05 bits per heavy atom. The lowest BCUT2D eigenvalue weighted by Crippen LogP contribution is -2.36. The quantitative estimate of drug-likeness (QED) is 0.928. The number of nitrogens with zero attached hydrogens (tertiary/aromatic N) is 1. The zero-order valence-electron chi connectivity index (χ0n) is 11.6. The number of carbonyl (C=O) groups excluding carboxylic acids is 1. The number of carboxylic acids is 1. The predicted molar refractivity (Wildman–Crippen MR) is 80.9 cm³/mol. The molecule has 0 unspecified atom stereocenters. The van der Waals surface area contributed by atoms with Gasteiger partial charge in [0.2, 0.25) is 0 Å². The van der Waals surface area contributed by atoms with Crippen LogP contribution in [0.25, 0.3) is 0 Å². The third-order valence-corrected chi connectivity index (χ3v) is 4.72. The Kier molecular flexibility index (Phi) is 3.51. The number of hydrogen-bond acceptors (Lipinski definition) is 3. The second-order valence-electron chi connectivity index (χ2n) is 5.14. The highest BCUT2D eigenvalue weighted by atomic mass is 32.1. The van der Waals surface area contributed by atoms with Crippen molar-refractivity contribution in [1.82, 2.24) is 4.90 Å². The van der Waals surface area contributed by atoms with E-state index in [1.54, 1.807) is 17.0 Å². The monoisotopic (exact) mass is 301 g/mol. The molecule has 0 saturated carbocycles. The molecule has 4 nitrogen and oxygen atoms in total. The molecule has 108 valence electrons. The number of amides is 1. The summed E-state index contributed by atoms with van der Waals surface area (Å²) in [7, 11) is 0. The molecule has 0 radical (unpaired) electrons. The third kappa shape index (κ3) is 2.56. The number of carbonyl (C=O) groups is 2. The fourth-order valence-corrected chi connectivity index (χ4v) is 3.52. The molecule has 2 heterocycles. The third-order valence-electron chi connectivity index (χ3n) is 3.73. The Bertz CT molecular complexity index is 720. The number of carboxylic acid groups (broad SMARTS) is 1. The Morgan fingerprint density at radius 3 is 2.71 bits per heavy atom. The fraction of sp³-hybridized carbons (Fsp3) is 0.250. The van der Waals surface area contributed by atoms with Gasteiger partial charge in [-0.2, -0.15) is 0 Å². The molecule has 2 aromatic rings. The van der Waals surface area contributed by atoms with Crippen molar-refractivity contribution >= 4 is 23.2 Å². The van der Waals surface area contributed by atoms with Gasteiger partial charge in [0.05, 0.1) is 10.4 Å². The van der Waals surface area contributed by atoms with Crippen LogP contribution >= 0.6 is 11.3 Å². The van der Waals surface area contributed by atoms with E-state index in [2.05, 4.69) is 0 Å². The first-order valence-electron chi connectivity index (χ1n) is 6.76. The van der Waals surface area contributed by atoms with Crippen molar-refractivity contribution in [3.8, 4) is 0 Å². The van der Waals surface area contributed by atoms with Crippen LogP contribution in [0, 0.1) is 6.92 Å². The maximum absolute atomic E-state index is 12.5. The van der Waals surface area contributed by atoms with Crippen LogP contribution in [0.1, 0.15) is 36.0 Å². The van der Waals surface area contributed by atoms with Crippen LogP contribution in [0.5, 0.6) is 0 Å². The molecule has 1 aromatic heterocycles. The van der Waals surface area contributed by atoms with E-state index in [1.165, 1.54) is 11.3 Å². The molecule has 1 amide bonds. The van der Waals surface area contributed by atoms with Gasteiger partial charge in [-0.3, -0.25) is 4.79 Å². The van der Waals surface area contributed by atoms with Crippen LogP contribution in [0.15, 0.2) is 30.3 Å². The zero-order chi connectivity index (χ0) is 15.0. The van der Waals surface area contributed by atoms with Crippen molar-refractivity contribution in [3.63, 3.8) is 0 Å². The van der Waals surface area contributed by atoms with E-state index in [0.717, 1.165) is 20.9 Å². The molecule has 0 atom stereocenters. The van der Waals surface area contributed by atoms with Gasteiger partial charge < -0.3 is 10.0 Å². The lowest BCUT2D eigenvalue weighted by atomic mass is 9.94. The van der Waals surface area contributed by atoms with Crippen molar-refractivity contribution in [2.45, 2.75) is 19.9 Å². The molecule has 3 rings (SSSR count). The molecule has 5 heteroatoms. The summed E-state index contributed by atoms with van der Waals surface area (Å²) >= 11 is 1.49. The zero-order valence-corrected chi connectivity index (χ0v) is 12.4. The van der Waals surface area contributed by atoms with Crippen molar-refractivity contribution in [2.24, 2.45) is 0 Å². The van der Waals surface area contributed by atoms with Gasteiger partial charge in [-0.1, -0.05) is 12.1 Å². The molecule has 1 N–H and O–H groups in total. The highest BCUT2D eigenvalue weighted by Crippen LogP contribution is 2.25. The fourth-order valence-electron chi connectivity index (χ4n) is 2.69. The molecule has 1 aliphatic heterocycles. The van der Waals surface area contributed by atoms with Crippen molar-refractivity contribution in [2.75, 3.05) is 6.54 Å². The second-order valence-corrected chi connectivity index (χ2v) is 6.42. The summed E-state index contributed by atoms with van der Waals surface area (Å²) in [5.41, 5.74) is 2.14. The summed E-state index contributed by atoms with van der Waals surface area (Å²) in [4.78, 5) is 27.3. The molecular weight excluding hydrogens is 286 g/mol. The minimum absolute atomic E-state index is 0.0273. The van der Waals surface area contributed by atoms with Crippen LogP contribution in [0.3, 0.4) is 0 Å². The van der Waals surface area contributed by atoms with Gasteiger partial charge in [0, 0.05) is 18.0 Å². The lowest BCUT2D eigenvalue weighted by molar-refractivity contribution is 0.0694. The van der Waals surface area contributed by atoms with Crippen LogP contribution in [0.4, 0.5) is 0 Å². The number of fused-ring (bicyclic) bond motifs is 1. The Balaban J connectivity index is 1.86. The largest absolute Gasteiger partial charge is 0.478 e. The van der Waals surface area contributed by atoms with E-state index in [9.17, 15) is 14.7 Å². The number of hydrogen-bond donors (Lipinski definition) is 1. The maximum atomic E-state index is 12.5.